The molecule has 1 aliphatic heterocycles. The van der Waals surface area contributed by atoms with Gasteiger partial charge >= 0.3 is 0 Å². The van der Waals surface area contributed by atoms with Gasteiger partial charge in [0.1, 0.15) is 10.8 Å². The van der Waals surface area contributed by atoms with Crippen molar-refractivity contribution in [3.8, 4) is 0 Å². The molecule has 0 amide bonds. The van der Waals surface area contributed by atoms with Gasteiger partial charge in [-0.15, -0.1) is 0 Å². The molecule has 0 aliphatic carbocycles. The maximum atomic E-state index is 13.3. The van der Waals surface area contributed by atoms with Crippen molar-refractivity contribution in [2.75, 3.05) is 19.7 Å². The van der Waals surface area contributed by atoms with Crippen LogP contribution in [0.15, 0.2) is 18.2 Å². The SMILES string of the molecule is CCN(Cc1ccc(F)cc1C(N)=S)CC1CCCO1. The number of ether oxygens (including phenoxy) is 1. The van der Waals surface area contributed by atoms with Crippen LogP contribution in [0, 0.1) is 5.82 Å². The van der Waals surface area contributed by atoms with Crippen molar-refractivity contribution in [3.63, 3.8) is 0 Å². The Balaban J connectivity index is 2.08. The maximum Gasteiger partial charge on any atom is 0.123 e. The van der Waals surface area contributed by atoms with Crippen LogP contribution in [0.25, 0.3) is 0 Å². The van der Waals surface area contributed by atoms with Gasteiger partial charge in [-0.2, -0.15) is 0 Å². The van der Waals surface area contributed by atoms with Gasteiger partial charge in [0.15, 0.2) is 0 Å². The number of hydrogen-bond acceptors (Lipinski definition) is 3. The van der Waals surface area contributed by atoms with E-state index in [1.807, 2.05) is 0 Å². The van der Waals surface area contributed by atoms with Crippen molar-refractivity contribution in [2.45, 2.75) is 32.4 Å². The molecular weight excluding hydrogens is 275 g/mol. The van der Waals surface area contributed by atoms with E-state index in [2.05, 4.69) is 11.8 Å². The predicted octanol–water partition coefficient (Wildman–Crippen LogP) is 2.46. The summed E-state index contributed by atoms with van der Waals surface area (Å²) in [4.78, 5) is 2.53. The first-order chi connectivity index (χ1) is 9.60. The van der Waals surface area contributed by atoms with Crippen molar-refractivity contribution in [1.29, 1.82) is 0 Å². The van der Waals surface area contributed by atoms with Crippen LogP contribution in [0.2, 0.25) is 0 Å². The van der Waals surface area contributed by atoms with Gasteiger partial charge in [-0.1, -0.05) is 25.2 Å². The minimum Gasteiger partial charge on any atom is -0.389 e. The van der Waals surface area contributed by atoms with E-state index in [1.54, 1.807) is 6.07 Å². The largest absolute Gasteiger partial charge is 0.389 e. The fourth-order valence-corrected chi connectivity index (χ4v) is 2.73. The van der Waals surface area contributed by atoms with Gasteiger partial charge in [0.25, 0.3) is 0 Å². The molecule has 5 heteroatoms. The molecule has 0 spiro atoms. The molecule has 1 heterocycles. The summed E-state index contributed by atoms with van der Waals surface area (Å²) in [5, 5.41) is 0. The average molecular weight is 296 g/mol. The van der Waals surface area contributed by atoms with E-state index in [0.29, 0.717) is 18.2 Å². The van der Waals surface area contributed by atoms with E-state index in [1.165, 1.54) is 12.1 Å². The first-order valence-corrected chi connectivity index (χ1v) is 7.43. The molecule has 1 aromatic rings. The highest BCUT2D eigenvalue weighted by atomic mass is 32.1. The van der Waals surface area contributed by atoms with Gasteiger partial charge in [-0.25, -0.2) is 4.39 Å². The summed E-state index contributed by atoms with van der Waals surface area (Å²) in [7, 11) is 0. The topological polar surface area (TPSA) is 38.5 Å². The monoisotopic (exact) mass is 296 g/mol. The summed E-state index contributed by atoms with van der Waals surface area (Å²) >= 11 is 5.01. The number of halogens is 1. The minimum absolute atomic E-state index is 0.243. The van der Waals surface area contributed by atoms with E-state index < -0.39 is 0 Å². The number of likely N-dealkylation sites (N-methyl/N-ethyl adjacent to an activating group) is 1. The normalized spacial score (nSPS) is 18.6. The summed E-state index contributed by atoms with van der Waals surface area (Å²) < 4.78 is 19.0. The standard InChI is InChI=1S/C15H21FN2OS/c1-2-18(10-13-4-3-7-19-13)9-11-5-6-12(16)8-14(11)15(17)20/h5-6,8,13H,2-4,7,9-10H2,1H3,(H2,17,20). The van der Waals surface area contributed by atoms with Gasteiger partial charge in [0, 0.05) is 25.3 Å². The van der Waals surface area contributed by atoms with Gasteiger partial charge in [-0.05, 0) is 37.1 Å². The van der Waals surface area contributed by atoms with Crippen LogP contribution in [-0.4, -0.2) is 35.7 Å². The van der Waals surface area contributed by atoms with Crippen LogP contribution in [0.3, 0.4) is 0 Å². The zero-order valence-corrected chi connectivity index (χ0v) is 12.6. The Labute approximate surface area is 124 Å². The molecule has 0 radical (unpaired) electrons. The van der Waals surface area contributed by atoms with E-state index in [-0.39, 0.29) is 10.8 Å². The third-order valence-electron chi connectivity index (χ3n) is 3.66. The Hall–Kier alpha value is -1.04. The molecule has 1 unspecified atom stereocenters. The zero-order chi connectivity index (χ0) is 14.5. The number of hydrogen-bond donors (Lipinski definition) is 1. The molecule has 1 saturated heterocycles. The molecule has 0 saturated carbocycles. The summed E-state index contributed by atoms with van der Waals surface area (Å²) in [5.74, 6) is -0.307. The fraction of sp³-hybridized carbons (Fsp3) is 0.533. The molecule has 0 aromatic heterocycles. The van der Waals surface area contributed by atoms with Crippen molar-refractivity contribution in [1.82, 2.24) is 4.90 Å². The first kappa shape index (κ1) is 15.4. The lowest BCUT2D eigenvalue weighted by Gasteiger charge is -2.24. The molecule has 1 aliphatic rings. The smallest absolute Gasteiger partial charge is 0.123 e. The Morgan fingerprint density at radius 2 is 2.35 bits per heavy atom. The fourth-order valence-electron chi connectivity index (χ4n) is 2.54. The number of rotatable bonds is 6. The van der Waals surface area contributed by atoms with E-state index >= 15 is 0 Å². The Kier molecular flexibility index (Phi) is 5.46. The van der Waals surface area contributed by atoms with Gasteiger partial charge < -0.3 is 10.5 Å². The number of nitrogens with two attached hydrogens (primary N) is 1. The Morgan fingerprint density at radius 1 is 1.55 bits per heavy atom. The second-order valence-corrected chi connectivity index (χ2v) is 5.57. The second-order valence-electron chi connectivity index (χ2n) is 5.13. The molecule has 3 nitrogen and oxygen atoms in total. The van der Waals surface area contributed by atoms with E-state index in [9.17, 15) is 4.39 Å². The van der Waals surface area contributed by atoms with E-state index in [4.69, 9.17) is 22.7 Å². The molecule has 1 fully saturated rings. The first-order valence-electron chi connectivity index (χ1n) is 7.02. The van der Waals surface area contributed by atoms with Gasteiger partial charge in [-0.3, -0.25) is 4.90 Å². The third kappa shape index (κ3) is 3.98. The number of thiocarbonyl (C=S) groups is 1. The quantitative estimate of drug-likeness (QED) is 0.819. The van der Waals surface area contributed by atoms with Crippen LogP contribution in [0.4, 0.5) is 4.39 Å². The Morgan fingerprint density at radius 3 is 2.95 bits per heavy atom. The van der Waals surface area contributed by atoms with Crippen LogP contribution < -0.4 is 5.73 Å². The van der Waals surface area contributed by atoms with Gasteiger partial charge in [0.2, 0.25) is 0 Å². The summed E-state index contributed by atoms with van der Waals surface area (Å²) in [6.45, 7) is 5.48. The van der Waals surface area contributed by atoms with Crippen LogP contribution in [0.1, 0.15) is 30.9 Å². The number of nitrogens with zero attached hydrogens (tertiary/aromatic N) is 1. The lowest BCUT2D eigenvalue weighted by molar-refractivity contribution is 0.0724. The average Bonchev–Trinajstić information content (AvgIpc) is 2.92. The highest BCUT2D eigenvalue weighted by Gasteiger charge is 2.19. The van der Waals surface area contributed by atoms with E-state index in [0.717, 1.165) is 38.1 Å². The highest BCUT2D eigenvalue weighted by Crippen LogP contribution is 2.17. The van der Waals surface area contributed by atoms with Crippen LogP contribution in [-0.2, 0) is 11.3 Å². The van der Waals surface area contributed by atoms with Crippen molar-refractivity contribution in [2.24, 2.45) is 5.73 Å². The van der Waals surface area contributed by atoms with Crippen molar-refractivity contribution >= 4 is 17.2 Å². The lowest BCUT2D eigenvalue weighted by Crippen LogP contribution is -2.32. The lowest BCUT2D eigenvalue weighted by atomic mass is 10.1. The summed E-state index contributed by atoms with van der Waals surface area (Å²) in [6.07, 6.45) is 2.56. The number of benzene rings is 1. The molecule has 2 rings (SSSR count). The summed E-state index contributed by atoms with van der Waals surface area (Å²) in [5.41, 5.74) is 7.29. The molecule has 1 aromatic carbocycles. The zero-order valence-electron chi connectivity index (χ0n) is 11.8. The molecule has 1 atom stereocenters. The minimum atomic E-state index is -0.307. The van der Waals surface area contributed by atoms with Gasteiger partial charge in [0.05, 0.1) is 6.10 Å². The van der Waals surface area contributed by atoms with Crippen LogP contribution >= 0.6 is 12.2 Å². The molecule has 110 valence electrons. The third-order valence-corrected chi connectivity index (χ3v) is 3.88. The predicted molar refractivity (Wildman–Crippen MR) is 82.2 cm³/mol. The Bertz CT molecular complexity index is 475. The van der Waals surface area contributed by atoms with Crippen LogP contribution in [0.5, 0.6) is 0 Å². The second kappa shape index (κ2) is 7.11. The molecular formula is C15H21FN2OS. The van der Waals surface area contributed by atoms with Crippen molar-refractivity contribution < 1.29 is 9.13 Å². The molecule has 2 N–H and O–H groups in total. The van der Waals surface area contributed by atoms with Crippen molar-refractivity contribution in [3.05, 3.63) is 35.1 Å². The molecule has 0 bridgehead atoms. The highest BCUT2D eigenvalue weighted by molar-refractivity contribution is 7.80. The maximum absolute atomic E-state index is 13.3. The summed E-state index contributed by atoms with van der Waals surface area (Å²) in [6, 6.07) is 4.64. The molecule has 20 heavy (non-hydrogen) atoms.